The molecule has 1 aromatic carbocycles. The van der Waals surface area contributed by atoms with Gasteiger partial charge < -0.3 is 5.73 Å². The molecule has 0 saturated carbocycles. The van der Waals surface area contributed by atoms with Crippen LogP contribution in [0.4, 0.5) is 10.1 Å². The van der Waals surface area contributed by atoms with Crippen molar-refractivity contribution in [2.45, 2.75) is 25.7 Å². The van der Waals surface area contributed by atoms with Gasteiger partial charge in [0.15, 0.2) is 0 Å². The van der Waals surface area contributed by atoms with Gasteiger partial charge in [-0.1, -0.05) is 20.8 Å². The molecule has 0 aromatic heterocycles. The largest absolute Gasteiger partial charge is 0.399 e. The van der Waals surface area contributed by atoms with Crippen LogP contribution in [0.15, 0.2) is 23.1 Å². The van der Waals surface area contributed by atoms with Crippen molar-refractivity contribution in [1.29, 1.82) is 0 Å². The Kier molecular flexibility index (Phi) is 4.02. The zero-order valence-electron chi connectivity index (χ0n) is 11.1. The Bertz CT molecular complexity index is 535. The second-order valence-electron chi connectivity index (χ2n) is 5.51. The highest BCUT2D eigenvalue weighted by atomic mass is 32.2. The van der Waals surface area contributed by atoms with Gasteiger partial charge in [0.05, 0.1) is 0 Å². The van der Waals surface area contributed by atoms with Crippen LogP contribution in [0.25, 0.3) is 0 Å². The van der Waals surface area contributed by atoms with Gasteiger partial charge in [0, 0.05) is 19.3 Å². The molecular weight excluding hydrogens is 255 g/mol. The summed E-state index contributed by atoms with van der Waals surface area (Å²) in [5, 5.41) is 0. The fourth-order valence-electron chi connectivity index (χ4n) is 1.65. The molecule has 0 bridgehead atoms. The van der Waals surface area contributed by atoms with Crippen molar-refractivity contribution >= 4 is 15.7 Å². The third-order valence-corrected chi connectivity index (χ3v) is 4.18. The first-order valence-electron chi connectivity index (χ1n) is 5.55. The summed E-state index contributed by atoms with van der Waals surface area (Å²) in [7, 11) is -2.38. The molecule has 6 heteroatoms. The lowest BCUT2D eigenvalue weighted by Gasteiger charge is -2.26. The smallest absolute Gasteiger partial charge is 0.245 e. The number of sulfonamides is 1. The maximum atomic E-state index is 13.7. The SMILES string of the molecule is CN(CC(C)(C)C)S(=O)(=O)c1ccc(N)cc1F. The molecule has 0 aliphatic carbocycles. The monoisotopic (exact) mass is 274 g/mol. The van der Waals surface area contributed by atoms with Crippen molar-refractivity contribution in [3.05, 3.63) is 24.0 Å². The number of nitrogens with two attached hydrogens (primary N) is 1. The zero-order valence-corrected chi connectivity index (χ0v) is 11.9. The predicted octanol–water partition coefficient (Wildman–Crippen LogP) is 2.07. The molecule has 0 unspecified atom stereocenters. The molecule has 1 rings (SSSR count). The summed E-state index contributed by atoms with van der Waals surface area (Å²) in [4.78, 5) is -0.344. The average Bonchev–Trinajstić information content (AvgIpc) is 2.13. The van der Waals surface area contributed by atoms with E-state index in [2.05, 4.69) is 0 Å². The minimum atomic E-state index is -3.82. The van der Waals surface area contributed by atoms with Crippen LogP contribution in [0.3, 0.4) is 0 Å². The Labute approximate surface area is 108 Å². The first-order chi connectivity index (χ1) is 8.04. The third kappa shape index (κ3) is 3.43. The average molecular weight is 274 g/mol. The van der Waals surface area contributed by atoms with E-state index in [1.165, 1.54) is 19.2 Å². The van der Waals surface area contributed by atoms with Gasteiger partial charge in [-0.25, -0.2) is 17.1 Å². The van der Waals surface area contributed by atoms with Gasteiger partial charge in [0.2, 0.25) is 10.0 Å². The number of halogens is 1. The Hall–Kier alpha value is -1.14. The van der Waals surface area contributed by atoms with Crippen LogP contribution in [-0.4, -0.2) is 26.3 Å². The van der Waals surface area contributed by atoms with Gasteiger partial charge >= 0.3 is 0 Å². The summed E-state index contributed by atoms with van der Waals surface area (Å²) in [6, 6.07) is 3.58. The van der Waals surface area contributed by atoms with E-state index in [1.807, 2.05) is 20.8 Å². The molecule has 0 atom stereocenters. The van der Waals surface area contributed by atoms with E-state index in [-0.39, 0.29) is 16.0 Å². The van der Waals surface area contributed by atoms with Gasteiger partial charge in [-0.2, -0.15) is 0 Å². The van der Waals surface area contributed by atoms with Gasteiger partial charge in [0.1, 0.15) is 10.7 Å². The lowest BCUT2D eigenvalue weighted by atomic mass is 9.97. The third-order valence-electron chi connectivity index (χ3n) is 2.34. The van der Waals surface area contributed by atoms with Crippen molar-refractivity contribution in [1.82, 2.24) is 4.31 Å². The van der Waals surface area contributed by atoms with Gasteiger partial charge in [0.25, 0.3) is 0 Å². The Morgan fingerprint density at radius 2 is 1.89 bits per heavy atom. The van der Waals surface area contributed by atoms with Crippen LogP contribution in [0.1, 0.15) is 20.8 Å². The predicted molar refractivity (Wildman–Crippen MR) is 70.1 cm³/mol. The Morgan fingerprint density at radius 3 is 2.33 bits per heavy atom. The number of hydrogen-bond acceptors (Lipinski definition) is 3. The molecule has 0 fully saturated rings. The topological polar surface area (TPSA) is 63.4 Å². The number of hydrogen-bond donors (Lipinski definition) is 1. The van der Waals surface area contributed by atoms with E-state index < -0.39 is 15.8 Å². The second-order valence-corrected chi connectivity index (χ2v) is 7.52. The van der Waals surface area contributed by atoms with E-state index in [1.54, 1.807) is 0 Å². The lowest BCUT2D eigenvalue weighted by Crippen LogP contribution is -2.34. The highest BCUT2D eigenvalue weighted by Crippen LogP contribution is 2.23. The molecule has 0 aliphatic rings. The van der Waals surface area contributed by atoms with E-state index in [0.29, 0.717) is 6.54 Å². The molecule has 4 nitrogen and oxygen atoms in total. The number of rotatable bonds is 3. The molecule has 0 saturated heterocycles. The highest BCUT2D eigenvalue weighted by Gasteiger charge is 2.27. The highest BCUT2D eigenvalue weighted by molar-refractivity contribution is 7.89. The van der Waals surface area contributed by atoms with Gasteiger partial charge in [-0.3, -0.25) is 0 Å². The molecule has 0 amide bonds. The van der Waals surface area contributed by atoms with Gasteiger partial charge in [-0.05, 0) is 23.6 Å². The van der Waals surface area contributed by atoms with Crippen molar-refractivity contribution in [2.75, 3.05) is 19.3 Å². The summed E-state index contributed by atoms with van der Waals surface area (Å²) in [5.74, 6) is -0.823. The van der Waals surface area contributed by atoms with Crippen molar-refractivity contribution in [3.63, 3.8) is 0 Å². The van der Waals surface area contributed by atoms with E-state index in [9.17, 15) is 12.8 Å². The molecule has 102 valence electrons. The van der Waals surface area contributed by atoms with Crippen LogP contribution in [0.2, 0.25) is 0 Å². The first kappa shape index (κ1) is 14.9. The Balaban J connectivity index is 3.14. The minimum absolute atomic E-state index is 0.199. The van der Waals surface area contributed by atoms with E-state index in [0.717, 1.165) is 10.4 Å². The minimum Gasteiger partial charge on any atom is -0.399 e. The van der Waals surface area contributed by atoms with Crippen molar-refractivity contribution in [3.8, 4) is 0 Å². The molecule has 2 N–H and O–H groups in total. The van der Waals surface area contributed by atoms with Crippen molar-refractivity contribution < 1.29 is 12.8 Å². The molecule has 0 radical (unpaired) electrons. The van der Waals surface area contributed by atoms with Crippen LogP contribution in [0, 0.1) is 11.2 Å². The normalized spacial score (nSPS) is 13.0. The van der Waals surface area contributed by atoms with Crippen LogP contribution in [-0.2, 0) is 10.0 Å². The van der Waals surface area contributed by atoms with Crippen molar-refractivity contribution in [2.24, 2.45) is 5.41 Å². The number of nitrogen functional groups attached to an aromatic ring is 1. The quantitative estimate of drug-likeness (QED) is 0.858. The summed E-state index contributed by atoms with van der Waals surface area (Å²) in [6.07, 6.45) is 0. The molecule has 0 aliphatic heterocycles. The Morgan fingerprint density at radius 1 is 1.33 bits per heavy atom. The van der Waals surface area contributed by atoms with Crippen LogP contribution < -0.4 is 5.73 Å². The lowest BCUT2D eigenvalue weighted by molar-refractivity contribution is 0.310. The second kappa shape index (κ2) is 4.85. The fourth-order valence-corrected chi connectivity index (χ4v) is 3.09. The summed E-state index contributed by atoms with van der Waals surface area (Å²) in [5.41, 5.74) is 5.40. The summed E-state index contributed by atoms with van der Waals surface area (Å²) in [6.45, 7) is 6.05. The first-order valence-corrected chi connectivity index (χ1v) is 6.99. The number of benzene rings is 1. The maximum absolute atomic E-state index is 13.7. The zero-order chi connectivity index (χ0) is 14.1. The molecule has 18 heavy (non-hydrogen) atoms. The van der Waals surface area contributed by atoms with Crippen LogP contribution in [0.5, 0.6) is 0 Å². The molecule has 1 aromatic rings. The summed E-state index contributed by atoms with van der Waals surface area (Å²) >= 11 is 0. The number of nitrogens with zero attached hydrogens (tertiary/aromatic N) is 1. The standard InChI is InChI=1S/C12H19FN2O2S/c1-12(2,3)8-15(4)18(16,17)11-6-5-9(14)7-10(11)13/h5-7H,8,14H2,1-4H3. The maximum Gasteiger partial charge on any atom is 0.245 e. The fraction of sp³-hybridized carbons (Fsp3) is 0.500. The molecule has 0 spiro atoms. The van der Waals surface area contributed by atoms with Crippen LogP contribution >= 0.6 is 0 Å². The summed E-state index contributed by atoms with van der Waals surface area (Å²) < 4.78 is 39.2. The van der Waals surface area contributed by atoms with Gasteiger partial charge in [-0.15, -0.1) is 0 Å². The van der Waals surface area contributed by atoms with E-state index in [4.69, 9.17) is 5.73 Å². The molecule has 0 heterocycles. The number of anilines is 1. The molecular formula is C12H19FN2O2S. The van der Waals surface area contributed by atoms with E-state index >= 15 is 0 Å².